The Morgan fingerprint density at radius 3 is 2.50 bits per heavy atom. The highest BCUT2D eigenvalue weighted by molar-refractivity contribution is 5.42. The molecule has 2 atom stereocenters. The minimum absolute atomic E-state index is 0.0431. The van der Waals surface area contributed by atoms with E-state index in [1.54, 1.807) is 7.11 Å². The van der Waals surface area contributed by atoms with E-state index in [2.05, 4.69) is 13.8 Å². The zero-order valence-electron chi connectivity index (χ0n) is 11.9. The van der Waals surface area contributed by atoms with E-state index in [1.165, 1.54) is 0 Å². The average Bonchev–Trinajstić information content (AvgIpc) is 2.37. The van der Waals surface area contributed by atoms with Gasteiger partial charge in [0.2, 0.25) is 0 Å². The van der Waals surface area contributed by atoms with Crippen molar-refractivity contribution in [3.63, 3.8) is 0 Å². The van der Waals surface area contributed by atoms with Gasteiger partial charge in [0.1, 0.15) is 6.10 Å². The minimum Gasteiger partial charge on any atom is -0.493 e. The second kappa shape index (κ2) is 7.27. The van der Waals surface area contributed by atoms with Crippen molar-refractivity contribution in [1.29, 1.82) is 0 Å². The van der Waals surface area contributed by atoms with Gasteiger partial charge in [0.15, 0.2) is 11.5 Å². The van der Waals surface area contributed by atoms with Gasteiger partial charge in [0, 0.05) is 6.04 Å². The fourth-order valence-electron chi connectivity index (χ4n) is 2.03. The smallest absolute Gasteiger partial charge is 0.161 e. The molecule has 0 aliphatic heterocycles. The van der Waals surface area contributed by atoms with Crippen molar-refractivity contribution in [2.75, 3.05) is 7.11 Å². The Hall–Kier alpha value is -1.22. The summed E-state index contributed by atoms with van der Waals surface area (Å²) < 4.78 is 11.4. The SMILES string of the molecule is CCCC(N)C(CC)Oc1ccc(C)cc1OC. The van der Waals surface area contributed by atoms with Crippen LogP contribution in [0.4, 0.5) is 0 Å². The number of ether oxygens (including phenoxy) is 2. The molecule has 0 radical (unpaired) electrons. The van der Waals surface area contributed by atoms with E-state index < -0.39 is 0 Å². The number of rotatable bonds is 7. The van der Waals surface area contributed by atoms with Crippen molar-refractivity contribution < 1.29 is 9.47 Å². The zero-order chi connectivity index (χ0) is 13.5. The summed E-state index contributed by atoms with van der Waals surface area (Å²) in [5.41, 5.74) is 7.30. The molecule has 102 valence electrons. The van der Waals surface area contributed by atoms with Crippen LogP contribution in [-0.2, 0) is 0 Å². The minimum atomic E-state index is 0.0431. The molecule has 0 aliphatic rings. The molecule has 1 rings (SSSR count). The van der Waals surface area contributed by atoms with Crippen LogP contribution in [0.15, 0.2) is 18.2 Å². The van der Waals surface area contributed by atoms with Crippen molar-refractivity contribution in [2.45, 2.75) is 52.2 Å². The van der Waals surface area contributed by atoms with Crippen LogP contribution < -0.4 is 15.2 Å². The van der Waals surface area contributed by atoms with E-state index in [0.717, 1.165) is 36.3 Å². The van der Waals surface area contributed by atoms with Gasteiger partial charge in [-0.25, -0.2) is 0 Å². The van der Waals surface area contributed by atoms with Crippen LogP contribution in [0.25, 0.3) is 0 Å². The highest BCUT2D eigenvalue weighted by atomic mass is 16.5. The number of nitrogens with two attached hydrogens (primary N) is 1. The Balaban J connectivity index is 2.81. The molecule has 0 aliphatic carbocycles. The molecule has 2 unspecified atom stereocenters. The van der Waals surface area contributed by atoms with Gasteiger partial charge in [0.25, 0.3) is 0 Å². The van der Waals surface area contributed by atoms with Gasteiger partial charge >= 0.3 is 0 Å². The fourth-order valence-corrected chi connectivity index (χ4v) is 2.03. The van der Waals surface area contributed by atoms with Crippen LogP contribution in [0.2, 0.25) is 0 Å². The molecule has 2 N–H and O–H groups in total. The summed E-state index contributed by atoms with van der Waals surface area (Å²) in [6.07, 6.45) is 3.00. The Morgan fingerprint density at radius 1 is 1.22 bits per heavy atom. The van der Waals surface area contributed by atoms with Crippen molar-refractivity contribution >= 4 is 0 Å². The van der Waals surface area contributed by atoms with Crippen LogP contribution in [-0.4, -0.2) is 19.3 Å². The molecule has 0 aromatic heterocycles. The Morgan fingerprint density at radius 2 is 1.94 bits per heavy atom. The fraction of sp³-hybridized carbons (Fsp3) is 0.600. The lowest BCUT2D eigenvalue weighted by atomic mass is 10.0. The molecule has 0 bridgehead atoms. The summed E-state index contributed by atoms with van der Waals surface area (Å²) in [6, 6.07) is 6.03. The lowest BCUT2D eigenvalue weighted by molar-refractivity contribution is 0.155. The van der Waals surface area contributed by atoms with Crippen LogP contribution in [0.3, 0.4) is 0 Å². The summed E-state index contributed by atoms with van der Waals surface area (Å²) in [5.74, 6) is 1.55. The summed E-state index contributed by atoms with van der Waals surface area (Å²) in [6.45, 7) is 6.27. The van der Waals surface area contributed by atoms with Gasteiger partial charge in [-0.1, -0.05) is 26.3 Å². The van der Waals surface area contributed by atoms with E-state index >= 15 is 0 Å². The molecule has 3 nitrogen and oxygen atoms in total. The number of methoxy groups -OCH3 is 1. The lowest BCUT2D eigenvalue weighted by Crippen LogP contribution is -2.38. The van der Waals surface area contributed by atoms with Crippen LogP contribution in [0.1, 0.15) is 38.7 Å². The Kier molecular flexibility index (Phi) is 5.99. The molecule has 0 spiro atoms. The first-order valence-corrected chi connectivity index (χ1v) is 6.69. The molecule has 0 heterocycles. The summed E-state index contributed by atoms with van der Waals surface area (Å²) in [7, 11) is 1.66. The number of hydrogen-bond acceptors (Lipinski definition) is 3. The zero-order valence-corrected chi connectivity index (χ0v) is 11.9. The first-order chi connectivity index (χ1) is 8.62. The largest absolute Gasteiger partial charge is 0.493 e. The van der Waals surface area contributed by atoms with Crippen molar-refractivity contribution in [3.05, 3.63) is 23.8 Å². The predicted octanol–water partition coefficient (Wildman–Crippen LogP) is 3.29. The van der Waals surface area contributed by atoms with Gasteiger partial charge in [-0.2, -0.15) is 0 Å². The van der Waals surface area contributed by atoms with Crippen molar-refractivity contribution in [3.8, 4) is 11.5 Å². The molecule has 18 heavy (non-hydrogen) atoms. The molecule has 0 saturated heterocycles. The monoisotopic (exact) mass is 251 g/mol. The second-order valence-corrected chi connectivity index (χ2v) is 4.67. The topological polar surface area (TPSA) is 44.5 Å². The summed E-state index contributed by atoms with van der Waals surface area (Å²) in [4.78, 5) is 0. The Bertz CT molecular complexity index is 366. The van der Waals surface area contributed by atoms with Gasteiger partial charge in [-0.05, 0) is 37.5 Å². The van der Waals surface area contributed by atoms with Gasteiger partial charge in [-0.15, -0.1) is 0 Å². The van der Waals surface area contributed by atoms with Gasteiger partial charge in [-0.3, -0.25) is 0 Å². The van der Waals surface area contributed by atoms with E-state index in [9.17, 15) is 0 Å². The third-order valence-electron chi connectivity index (χ3n) is 3.10. The lowest BCUT2D eigenvalue weighted by Gasteiger charge is -2.24. The average molecular weight is 251 g/mol. The molecule has 1 aromatic carbocycles. The third kappa shape index (κ3) is 3.91. The Labute approximate surface area is 110 Å². The highest BCUT2D eigenvalue weighted by Crippen LogP contribution is 2.29. The predicted molar refractivity (Wildman–Crippen MR) is 75.3 cm³/mol. The van der Waals surface area contributed by atoms with Gasteiger partial charge < -0.3 is 15.2 Å². The first kappa shape index (κ1) is 14.8. The maximum Gasteiger partial charge on any atom is 0.161 e. The van der Waals surface area contributed by atoms with E-state index in [4.69, 9.17) is 15.2 Å². The van der Waals surface area contributed by atoms with Gasteiger partial charge in [0.05, 0.1) is 7.11 Å². The number of benzene rings is 1. The quantitative estimate of drug-likeness (QED) is 0.808. The molecule has 0 amide bonds. The maximum atomic E-state index is 6.14. The second-order valence-electron chi connectivity index (χ2n) is 4.67. The van der Waals surface area contributed by atoms with E-state index in [1.807, 2.05) is 25.1 Å². The van der Waals surface area contributed by atoms with Crippen LogP contribution >= 0.6 is 0 Å². The number of hydrogen-bond donors (Lipinski definition) is 1. The first-order valence-electron chi connectivity index (χ1n) is 6.69. The van der Waals surface area contributed by atoms with Crippen LogP contribution in [0.5, 0.6) is 11.5 Å². The molecular formula is C15H25NO2. The maximum absolute atomic E-state index is 6.14. The molecular weight excluding hydrogens is 226 g/mol. The standard InChI is InChI=1S/C15H25NO2/c1-5-7-12(16)13(6-2)18-14-9-8-11(3)10-15(14)17-4/h8-10,12-13H,5-7,16H2,1-4H3. The third-order valence-corrected chi connectivity index (χ3v) is 3.10. The molecule has 0 saturated carbocycles. The number of aryl methyl sites for hydroxylation is 1. The highest BCUT2D eigenvalue weighted by Gasteiger charge is 2.18. The van der Waals surface area contributed by atoms with Crippen molar-refractivity contribution in [1.82, 2.24) is 0 Å². The van der Waals surface area contributed by atoms with E-state index in [-0.39, 0.29) is 12.1 Å². The summed E-state index contributed by atoms with van der Waals surface area (Å²) in [5, 5.41) is 0. The van der Waals surface area contributed by atoms with E-state index in [0.29, 0.717) is 0 Å². The molecule has 3 heteroatoms. The van der Waals surface area contributed by atoms with Crippen LogP contribution in [0, 0.1) is 6.92 Å². The molecule has 0 fully saturated rings. The summed E-state index contributed by atoms with van der Waals surface area (Å²) >= 11 is 0. The molecule has 1 aromatic rings. The normalized spacial score (nSPS) is 14.1. The van der Waals surface area contributed by atoms with Crippen molar-refractivity contribution in [2.24, 2.45) is 5.73 Å².